The minimum Gasteiger partial charge on any atom is -0.501 e. The van der Waals surface area contributed by atoms with Crippen LogP contribution in [-0.4, -0.2) is 21.8 Å². The normalized spacial score (nSPS) is 29.3. The molecule has 2 unspecified atom stereocenters. The monoisotopic (exact) mass is 256 g/mol. The molecule has 2 aliphatic rings. The van der Waals surface area contributed by atoms with E-state index in [0.29, 0.717) is 5.25 Å². The van der Waals surface area contributed by atoms with E-state index in [4.69, 9.17) is 4.74 Å². The summed E-state index contributed by atoms with van der Waals surface area (Å²) in [4.78, 5) is 0. The van der Waals surface area contributed by atoms with E-state index in [1.165, 1.54) is 37.7 Å². The molecule has 1 saturated carbocycles. The summed E-state index contributed by atoms with van der Waals surface area (Å²) in [6, 6.07) is 0. The molecule has 1 aliphatic heterocycles. The Morgan fingerprint density at radius 1 is 1.24 bits per heavy atom. The van der Waals surface area contributed by atoms with Crippen molar-refractivity contribution in [2.75, 3.05) is 12.4 Å². The molecule has 0 aromatic heterocycles. The largest absolute Gasteiger partial charge is 0.501 e. The lowest BCUT2D eigenvalue weighted by Gasteiger charge is -2.13. The fourth-order valence-corrected chi connectivity index (χ4v) is 4.37. The molecule has 1 heterocycles. The molecule has 2 rings (SSSR count). The van der Waals surface area contributed by atoms with Gasteiger partial charge >= 0.3 is 0 Å². The summed E-state index contributed by atoms with van der Waals surface area (Å²) in [5, 5.41) is 0.459. The van der Waals surface area contributed by atoms with E-state index in [-0.39, 0.29) is 0 Å². The van der Waals surface area contributed by atoms with Crippen molar-refractivity contribution in [1.82, 2.24) is 0 Å². The third-order valence-electron chi connectivity index (χ3n) is 3.78. The molecule has 0 bridgehead atoms. The molecule has 0 aromatic rings. The van der Waals surface area contributed by atoms with Gasteiger partial charge in [0.15, 0.2) is 0 Å². The molecule has 0 radical (unpaired) electrons. The van der Waals surface area contributed by atoms with Gasteiger partial charge in [0.25, 0.3) is 0 Å². The molecule has 2 nitrogen and oxygen atoms in total. The zero-order valence-corrected chi connectivity index (χ0v) is 11.5. The first kappa shape index (κ1) is 13.1. The van der Waals surface area contributed by atoms with Gasteiger partial charge in [0.05, 0.1) is 12.9 Å². The van der Waals surface area contributed by atoms with Gasteiger partial charge in [0.2, 0.25) is 0 Å². The molecule has 98 valence electrons. The van der Waals surface area contributed by atoms with E-state index in [1.54, 1.807) is 0 Å². The molecular formula is C14H24O2S. The fourth-order valence-electron chi connectivity index (χ4n) is 2.72. The Balaban J connectivity index is 1.55. The zero-order chi connectivity index (χ0) is 11.9. The second kappa shape index (κ2) is 7.20. The van der Waals surface area contributed by atoms with Crippen LogP contribution in [-0.2, 0) is 15.5 Å². The van der Waals surface area contributed by atoms with Gasteiger partial charge in [-0.1, -0.05) is 6.42 Å². The zero-order valence-electron chi connectivity index (χ0n) is 10.7. The second-order valence-corrected chi connectivity index (χ2v) is 7.04. The van der Waals surface area contributed by atoms with Crippen LogP contribution in [0.3, 0.4) is 0 Å². The highest BCUT2D eigenvalue weighted by molar-refractivity contribution is 7.85. The van der Waals surface area contributed by atoms with Gasteiger partial charge < -0.3 is 4.74 Å². The van der Waals surface area contributed by atoms with Crippen LogP contribution in [0.4, 0.5) is 0 Å². The third-order valence-corrected chi connectivity index (χ3v) is 5.68. The summed E-state index contributed by atoms with van der Waals surface area (Å²) in [6.45, 7) is 0.803. The summed E-state index contributed by atoms with van der Waals surface area (Å²) < 4.78 is 17.2. The smallest absolute Gasteiger partial charge is 0.0873 e. The first-order chi connectivity index (χ1) is 8.36. The minimum atomic E-state index is -0.541. The van der Waals surface area contributed by atoms with Crippen molar-refractivity contribution in [3.8, 4) is 0 Å². The minimum absolute atomic E-state index is 0.459. The molecule has 0 spiro atoms. The van der Waals surface area contributed by atoms with Gasteiger partial charge in [-0.3, -0.25) is 4.21 Å². The van der Waals surface area contributed by atoms with Crippen molar-refractivity contribution in [2.24, 2.45) is 0 Å². The molecule has 2 fully saturated rings. The standard InChI is InChI=1S/C14H24O2S/c15-17-11-5-9-14(17)8-4-10-16-12-13-6-2-1-3-7-13/h12,14H,1-11H2. The van der Waals surface area contributed by atoms with Gasteiger partial charge in [0, 0.05) is 21.8 Å². The summed E-state index contributed by atoms with van der Waals surface area (Å²) in [6.07, 6.45) is 12.9. The maximum Gasteiger partial charge on any atom is 0.0873 e. The average molecular weight is 256 g/mol. The molecule has 3 heteroatoms. The summed E-state index contributed by atoms with van der Waals surface area (Å²) in [5.74, 6) is 0.926. The Kier molecular flexibility index (Phi) is 5.56. The molecule has 17 heavy (non-hydrogen) atoms. The SMILES string of the molecule is O=S1CCCC1CCCOC=C1CCCCC1. The lowest BCUT2D eigenvalue weighted by atomic mass is 9.96. The molecule has 1 aliphatic carbocycles. The van der Waals surface area contributed by atoms with E-state index in [0.717, 1.165) is 38.0 Å². The highest BCUT2D eigenvalue weighted by atomic mass is 32.2. The van der Waals surface area contributed by atoms with Crippen molar-refractivity contribution in [1.29, 1.82) is 0 Å². The Bertz CT molecular complexity index is 278. The Morgan fingerprint density at radius 2 is 2.06 bits per heavy atom. The van der Waals surface area contributed by atoms with E-state index < -0.39 is 10.8 Å². The molecule has 0 aromatic carbocycles. The van der Waals surface area contributed by atoms with E-state index in [1.807, 2.05) is 6.26 Å². The van der Waals surface area contributed by atoms with Crippen LogP contribution in [0.5, 0.6) is 0 Å². The number of allylic oxidation sites excluding steroid dienone is 1. The van der Waals surface area contributed by atoms with Crippen molar-refractivity contribution in [2.45, 2.75) is 63.0 Å². The lowest BCUT2D eigenvalue weighted by molar-refractivity contribution is 0.235. The highest BCUT2D eigenvalue weighted by Crippen LogP contribution is 2.23. The van der Waals surface area contributed by atoms with Gasteiger partial charge in [-0.15, -0.1) is 0 Å². The second-order valence-electron chi connectivity index (χ2n) is 5.20. The molecule has 0 amide bonds. The van der Waals surface area contributed by atoms with Gasteiger partial charge in [0.1, 0.15) is 0 Å². The van der Waals surface area contributed by atoms with Crippen LogP contribution in [0.25, 0.3) is 0 Å². The molecule has 0 N–H and O–H groups in total. The van der Waals surface area contributed by atoms with E-state index in [9.17, 15) is 4.21 Å². The first-order valence-corrected chi connectivity index (χ1v) is 8.41. The maximum absolute atomic E-state index is 11.5. The topological polar surface area (TPSA) is 26.3 Å². The van der Waals surface area contributed by atoms with E-state index in [2.05, 4.69) is 0 Å². The van der Waals surface area contributed by atoms with Gasteiger partial charge in [-0.05, 0) is 56.9 Å². The first-order valence-electron chi connectivity index (χ1n) is 7.03. The fraction of sp³-hybridized carbons (Fsp3) is 0.857. The van der Waals surface area contributed by atoms with Gasteiger partial charge in [-0.25, -0.2) is 0 Å². The van der Waals surface area contributed by atoms with Crippen LogP contribution in [0.2, 0.25) is 0 Å². The van der Waals surface area contributed by atoms with Crippen LogP contribution in [0, 0.1) is 0 Å². The number of hydrogen-bond acceptors (Lipinski definition) is 2. The predicted octanol–water partition coefficient (Wildman–Crippen LogP) is 3.54. The van der Waals surface area contributed by atoms with Crippen LogP contribution in [0.15, 0.2) is 11.8 Å². The van der Waals surface area contributed by atoms with Crippen molar-refractivity contribution >= 4 is 10.8 Å². The molecular weight excluding hydrogens is 232 g/mol. The Labute approximate surface area is 107 Å². The van der Waals surface area contributed by atoms with E-state index >= 15 is 0 Å². The summed E-state index contributed by atoms with van der Waals surface area (Å²) >= 11 is 0. The Morgan fingerprint density at radius 3 is 2.76 bits per heavy atom. The van der Waals surface area contributed by atoms with Crippen LogP contribution >= 0.6 is 0 Å². The predicted molar refractivity (Wildman–Crippen MR) is 72.4 cm³/mol. The van der Waals surface area contributed by atoms with Gasteiger partial charge in [-0.2, -0.15) is 0 Å². The number of ether oxygens (including phenoxy) is 1. The van der Waals surface area contributed by atoms with Crippen LogP contribution in [0.1, 0.15) is 57.8 Å². The van der Waals surface area contributed by atoms with Crippen molar-refractivity contribution in [3.63, 3.8) is 0 Å². The van der Waals surface area contributed by atoms with Crippen molar-refractivity contribution in [3.05, 3.63) is 11.8 Å². The molecule has 1 saturated heterocycles. The Hall–Kier alpha value is -0.310. The molecule has 2 atom stereocenters. The quantitative estimate of drug-likeness (QED) is 0.555. The maximum atomic E-state index is 11.5. The number of rotatable bonds is 5. The van der Waals surface area contributed by atoms with Crippen molar-refractivity contribution < 1.29 is 8.95 Å². The number of hydrogen-bond donors (Lipinski definition) is 0. The lowest BCUT2D eigenvalue weighted by Crippen LogP contribution is -2.09. The summed E-state index contributed by atoms with van der Waals surface area (Å²) in [7, 11) is -0.541. The van der Waals surface area contributed by atoms with Crippen LogP contribution < -0.4 is 0 Å². The summed E-state index contributed by atoms with van der Waals surface area (Å²) in [5.41, 5.74) is 1.49. The third kappa shape index (κ3) is 4.46. The highest BCUT2D eigenvalue weighted by Gasteiger charge is 2.22. The average Bonchev–Trinajstić information content (AvgIpc) is 2.76.